The minimum atomic E-state index is -1.15. The Morgan fingerprint density at radius 1 is 1.19 bits per heavy atom. The van der Waals surface area contributed by atoms with Gasteiger partial charge in [-0.1, -0.05) is 28.9 Å². The summed E-state index contributed by atoms with van der Waals surface area (Å²) in [4.78, 5) is 16.3. The summed E-state index contributed by atoms with van der Waals surface area (Å²) in [6.45, 7) is 0.359. The Morgan fingerprint density at radius 2 is 1.97 bits per heavy atom. The maximum absolute atomic E-state index is 11.7. The second-order valence-corrected chi connectivity index (χ2v) is 8.77. The Bertz CT molecular complexity index is 1260. The molecule has 0 saturated heterocycles. The number of carboxylic acids is 1. The number of thiazole rings is 1. The first-order valence-electron chi connectivity index (χ1n) is 9.25. The van der Waals surface area contributed by atoms with Gasteiger partial charge >= 0.3 is 5.97 Å². The molecule has 4 rings (SSSR count). The molecular weight excluding hydrogens is 472 g/mol. The van der Waals surface area contributed by atoms with Gasteiger partial charge in [-0.25, -0.2) is 14.5 Å². The van der Waals surface area contributed by atoms with Crippen LogP contribution in [0.1, 0.15) is 16.1 Å². The monoisotopic (exact) mass is 488 g/mol. The lowest BCUT2D eigenvalue weighted by Gasteiger charge is -2.07. The van der Waals surface area contributed by atoms with Crippen molar-refractivity contribution in [1.29, 1.82) is 0 Å². The lowest BCUT2D eigenvalue weighted by atomic mass is 10.2. The van der Waals surface area contributed by atoms with E-state index >= 15 is 0 Å². The zero-order chi connectivity index (χ0) is 22.7. The highest BCUT2D eigenvalue weighted by Gasteiger charge is 2.22. The van der Waals surface area contributed by atoms with Gasteiger partial charge in [0, 0.05) is 10.9 Å². The molecule has 1 N–H and O–H groups in total. The minimum absolute atomic E-state index is 0.120. The molecule has 0 aliphatic rings. The predicted molar refractivity (Wildman–Crippen MR) is 122 cm³/mol. The van der Waals surface area contributed by atoms with E-state index < -0.39 is 5.97 Å². The van der Waals surface area contributed by atoms with Crippen LogP contribution in [0.3, 0.4) is 0 Å². The lowest BCUT2D eigenvalue weighted by molar-refractivity contribution is 0.0686. The standard InChI is InChI=1S/C21H17ClN4O4S2/c1-29-14-6-3-12(4-7-14)10-26-20(18(21(27)28)24-25-26)32-17-11-31-19(23-17)13-5-8-16(30-2)15(22)9-13/h3-9,11H,10H2,1-2H3,(H,27,28). The molecule has 0 saturated carbocycles. The summed E-state index contributed by atoms with van der Waals surface area (Å²) in [6, 6.07) is 12.9. The number of rotatable bonds is 8. The van der Waals surface area contributed by atoms with E-state index in [1.54, 1.807) is 31.0 Å². The molecule has 164 valence electrons. The fraction of sp³-hybridized carbons (Fsp3) is 0.143. The van der Waals surface area contributed by atoms with Gasteiger partial charge in [0.15, 0.2) is 0 Å². The van der Waals surface area contributed by atoms with E-state index in [-0.39, 0.29) is 5.69 Å². The molecule has 0 aliphatic carbocycles. The van der Waals surface area contributed by atoms with Crippen LogP contribution < -0.4 is 9.47 Å². The number of carboxylic acid groups (broad SMARTS) is 1. The average Bonchev–Trinajstić information content (AvgIpc) is 3.42. The molecule has 0 radical (unpaired) electrons. The van der Waals surface area contributed by atoms with Gasteiger partial charge in [-0.3, -0.25) is 0 Å². The van der Waals surface area contributed by atoms with Gasteiger partial charge in [0.1, 0.15) is 26.6 Å². The molecule has 0 bridgehead atoms. The summed E-state index contributed by atoms with van der Waals surface area (Å²) >= 11 is 8.86. The Morgan fingerprint density at radius 3 is 2.62 bits per heavy atom. The predicted octanol–water partition coefficient (Wildman–Crippen LogP) is 4.97. The molecule has 2 heterocycles. The van der Waals surface area contributed by atoms with Crippen LogP contribution in [0.15, 0.2) is 57.9 Å². The zero-order valence-corrected chi connectivity index (χ0v) is 19.4. The van der Waals surface area contributed by atoms with E-state index in [1.165, 1.54) is 23.1 Å². The van der Waals surface area contributed by atoms with Crippen LogP contribution in [0.4, 0.5) is 0 Å². The topological polar surface area (TPSA) is 99.4 Å². The van der Waals surface area contributed by atoms with Crippen LogP contribution in [0.25, 0.3) is 10.6 Å². The molecule has 0 aliphatic heterocycles. The molecule has 8 nitrogen and oxygen atoms in total. The highest BCUT2D eigenvalue weighted by Crippen LogP contribution is 2.36. The molecule has 32 heavy (non-hydrogen) atoms. The molecule has 0 atom stereocenters. The molecule has 0 unspecified atom stereocenters. The second-order valence-electron chi connectivity index (χ2n) is 6.50. The first-order chi connectivity index (χ1) is 15.5. The maximum Gasteiger partial charge on any atom is 0.359 e. The number of hydrogen-bond acceptors (Lipinski definition) is 8. The number of aromatic carboxylic acids is 1. The van der Waals surface area contributed by atoms with E-state index in [2.05, 4.69) is 15.3 Å². The number of benzene rings is 2. The van der Waals surface area contributed by atoms with Gasteiger partial charge in [0.2, 0.25) is 5.69 Å². The van der Waals surface area contributed by atoms with E-state index in [0.29, 0.717) is 27.4 Å². The van der Waals surface area contributed by atoms with Crippen LogP contribution >= 0.6 is 34.7 Å². The van der Waals surface area contributed by atoms with Crippen LogP contribution in [0.2, 0.25) is 5.02 Å². The first-order valence-corrected chi connectivity index (χ1v) is 11.3. The third kappa shape index (κ3) is 4.72. The summed E-state index contributed by atoms with van der Waals surface area (Å²) in [5, 5.41) is 21.6. The highest BCUT2D eigenvalue weighted by atomic mass is 35.5. The normalized spacial score (nSPS) is 10.8. The number of hydrogen-bond donors (Lipinski definition) is 1. The Hall–Kier alpha value is -3.08. The van der Waals surface area contributed by atoms with Gasteiger partial charge in [-0.2, -0.15) is 0 Å². The molecule has 4 aromatic rings. The van der Waals surface area contributed by atoms with Gasteiger partial charge in [-0.15, -0.1) is 16.4 Å². The van der Waals surface area contributed by atoms with Gasteiger partial charge in [0.25, 0.3) is 0 Å². The minimum Gasteiger partial charge on any atom is -0.497 e. The largest absolute Gasteiger partial charge is 0.497 e. The van der Waals surface area contributed by atoms with Crippen molar-refractivity contribution in [2.45, 2.75) is 16.6 Å². The summed E-state index contributed by atoms with van der Waals surface area (Å²) in [5.41, 5.74) is 1.66. The van der Waals surface area contributed by atoms with Crippen molar-refractivity contribution in [3.63, 3.8) is 0 Å². The number of halogens is 1. The number of carbonyl (C=O) groups is 1. The summed E-state index contributed by atoms with van der Waals surface area (Å²) in [6.07, 6.45) is 0. The van der Waals surface area contributed by atoms with Crippen molar-refractivity contribution in [3.05, 3.63) is 64.1 Å². The third-order valence-corrected chi connectivity index (χ3v) is 6.82. The average molecular weight is 489 g/mol. The Balaban J connectivity index is 1.60. The molecule has 0 amide bonds. The Labute approximate surface area is 196 Å². The van der Waals surface area contributed by atoms with Crippen molar-refractivity contribution in [1.82, 2.24) is 20.0 Å². The molecule has 0 spiro atoms. The maximum atomic E-state index is 11.7. The van der Waals surface area contributed by atoms with Crippen molar-refractivity contribution in [2.24, 2.45) is 0 Å². The van der Waals surface area contributed by atoms with Gasteiger partial charge < -0.3 is 14.6 Å². The summed E-state index contributed by atoms with van der Waals surface area (Å²) < 4.78 is 11.9. The van der Waals surface area contributed by atoms with Crippen LogP contribution in [0, 0.1) is 0 Å². The number of aromatic nitrogens is 4. The number of methoxy groups -OCH3 is 2. The highest BCUT2D eigenvalue weighted by molar-refractivity contribution is 7.99. The van der Waals surface area contributed by atoms with E-state index in [1.807, 2.05) is 35.7 Å². The Kier molecular flexibility index (Phi) is 6.63. The molecule has 11 heteroatoms. The molecule has 0 fully saturated rings. The third-order valence-electron chi connectivity index (χ3n) is 4.47. The van der Waals surface area contributed by atoms with E-state index in [4.69, 9.17) is 21.1 Å². The van der Waals surface area contributed by atoms with Crippen molar-refractivity contribution >= 4 is 40.7 Å². The molecular formula is C21H17ClN4O4S2. The number of ether oxygens (including phenoxy) is 2. The quantitative estimate of drug-likeness (QED) is 0.371. The van der Waals surface area contributed by atoms with Crippen molar-refractivity contribution in [2.75, 3.05) is 14.2 Å². The lowest BCUT2D eigenvalue weighted by Crippen LogP contribution is -2.05. The number of nitrogens with zero attached hydrogens (tertiary/aromatic N) is 4. The van der Waals surface area contributed by atoms with E-state index in [9.17, 15) is 9.90 Å². The van der Waals surface area contributed by atoms with Crippen molar-refractivity contribution in [3.8, 4) is 22.1 Å². The van der Waals surface area contributed by atoms with Gasteiger partial charge in [-0.05, 0) is 47.7 Å². The van der Waals surface area contributed by atoms with Crippen molar-refractivity contribution < 1.29 is 19.4 Å². The fourth-order valence-electron chi connectivity index (χ4n) is 2.88. The molecule has 2 aromatic heterocycles. The SMILES string of the molecule is COc1ccc(Cn2nnc(C(=O)O)c2Sc2csc(-c3ccc(OC)c(Cl)c3)n2)cc1. The van der Waals surface area contributed by atoms with E-state index in [0.717, 1.165) is 21.9 Å². The second kappa shape index (κ2) is 9.60. The summed E-state index contributed by atoms with van der Waals surface area (Å²) in [5.74, 6) is 0.175. The smallest absolute Gasteiger partial charge is 0.359 e. The fourth-order valence-corrected chi connectivity index (χ4v) is 4.98. The van der Waals surface area contributed by atoms with Crippen LogP contribution in [-0.2, 0) is 6.54 Å². The van der Waals surface area contributed by atoms with Crippen LogP contribution in [-0.4, -0.2) is 45.3 Å². The van der Waals surface area contributed by atoms with Gasteiger partial charge in [0.05, 0.1) is 25.8 Å². The first kappa shape index (κ1) is 22.1. The molecule has 2 aromatic carbocycles. The summed E-state index contributed by atoms with van der Waals surface area (Å²) in [7, 11) is 3.16. The zero-order valence-electron chi connectivity index (χ0n) is 17.0. The van der Waals surface area contributed by atoms with Crippen LogP contribution in [0.5, 0.6) is 11.5 Å².